The number of fused-ring (bicyclic) bond motifs is 1. The van der Waals surface area contributed by atoms with Crippen LogP contribution in [0.1, 0.15) is 58.6 Å². The van der Waals surface area contributed by atoms with Crippen LogP contribution in [-0.4, -0.2) is 30.4 Å². The molecule has 1 aromatic rings. The fourth-order valence-electron chi connectivity index (χ4n) is 4.21. The van der Waals surface area contributed by atoms with Gasteiger partial charge < -0.3 is 9.64 Å². The molecule has 4 rings (SSSR count). The van der Waals surface area contributed by atoms with Crippen LogP contribution in [0, 0.1) is 24.2 Å². The van der Waals surface area contributed by atoms with E-state index < -0.39 is 6.10 Å². The summed E-state index contributed by atoms with van der Waals surface area (Å²) in [4.78, 5) is 24.6. The van der Waals surface area contributed by atoms with E-state index in [0.29, 0.717) is 18.3 Å². The van der Waals surface area contributed by atoms with E-state index in [1.54, 1.807) is 0 Å². The first-order valence-electron chi connectivity index (χ1n) is 10.6. The minimum atomic E-state index is -0.566. The van der Waals surface area contributed by atoms with Gasteiger partial charge >= 0.3 is 0 Å². The van der Waals surface area contributed by atoms with Crippen LogP contribution in [0.4, 0.5) is 0 Å². The molecule has 1 aromatic carbocycles. The SMILES string of the molecule is C.C.C#C[C@@H](OC=O)c1ccccc1.O=C1C2CCC=C[C@H]2CCN1CC1=CCCC=C1. The number of terminal acetylenes is 1. The summed E-state index contributed by atoms with van der Waals surface area (Å²) in [5.41, 5.74) is 2.13. The lowest BCUT2D eigenvalue weighted by Gasteiger charge is -2.38. The van der Waals surface area contributed by atoms with Gasteiger partial charge in [0.25, 0.3) is 6.47 Å². The highest BCUT2D eigenvalue weighted by Crippen LogP contribution is 2.33. The molecule has 172 valence electrons. The van der Waals surface area contributed by atoms with Gasteiger partial charge in [-0.05, 0) is 43.6 Å². The zero-order chi connectivity index (χ0) is 21.2. The summed E-state index contributed by atoms with van der Waals surface area (Å²) in [5.74, 6) is 3.52. The highest BCUT2D eigenvalue weighted by Gasteiger charge is 2.35. The van der Waals surface area contributed by atoms with E-state index in [1.165, 1.54) is 5.57 Å². The van der Waals surface area contributed by atoms with Gasteiger partial charge in [-0.25, -0.2) is 0 Å². The summed E-state index contributed by atoms with van der Waals surface area (Å²) in [6.45, 7) is 2.11. The molecule has 3 aliphatic rings. The summed E-state index contributed by atoms with van der Waals surface area (Å²) >= 11 is 0. The first-order chi connectivity index (χ1) is 14.7. The van der Waals surface area contributed by atoms with Gasteiger partial charge in [0.15, 0.2) is 6.10 Å². The summed E-state index contributed by atoms with van der Waals surface area (Å²) in [6, 6.07) is 9.18. The number of benzene rings is 1. The van der Waals surface area contributed by atoms with Crippen molar-refractivity contribution in [3.8, 4) is 12.3 Å². The lowest BCUT2D eigenvalue weighted by Crippen LogP contribution is -2.46. The van der Waals surface area contributed by atoms with Crippen LogP contribution in [0.3, 0.4) is 0 Å². The van der Waals surface area contributed by atoms with E-state index in [0.717, 1.165) is 50.8 Å². The standard InChI is InChI=1S/C16H21NO.C10H8O2.2CH4/c18-16-15-9-5-4-8-14(15)10-11-17(16)12-13-6-2-1-3-7-13;1-2-10(12-8-11)9-6-4-3-5-7-9;;/h2,4,6-8,14-15H,1,3,5,9-12H2;1,3-8,10H;2*1H4/t14-,15?;10-;;/m01../s1. The molecule has 0 saturated carbocycles. The number of nitrogens with zero attached hydrogens (tertiary/aromatic N) is 1. The van der Waals surface area contributed by atoms with Crippen molar-refractivity contribution in [3.05, 3.63) is 71.8 Å². The van der Waals surface area contributed by atoms with Crippen molar-refractivity contribution in [1.82, 2.24) is 4.90 Å². The summed E-state index contributed by atoms with van der Waals surface area (Å²) in [7, 11) is 0. The third kappa shape index (κ3) is 7.27. The van der Waals surface area contributed by atoms with Gasteiger partial charge in [0.1, 0.15) is 0 Å². The predicted octanol–water partition coefficient (Wildman–Crippen LogP) is 5.88. The van der Waals surface area contributed by atoms with E-state index in [-0.39, 0.29) is 20.8 Å². The molecule has 3 atom stereocenters. The third-order valence-electron chi connectivity index (χ3n) is 5.80. The Bertz CT molecular complexity index is 847. The molecule has 0 spiro atoms. The van der Waals surface area contributed by atoms with E-state index in [4.69, 9.17) is 6.42 Å². The minimum absolute atomic E-state index is 0. The van der Waals surface area contributed by atoms with Gasteiger partial charge in [-0.2, -0.15) is 0 Å². The van der Waals surface area contributed by atoms with Crippen molar-refractivity contribution in [2.24, 2.45) is 11.8 Å². The molecule has 0 N–H and O–H groups in total. The van der Waals surface area contributed by atoms with Crippen LogP contribution in [0.25, 0.3) is 0 Å². The van der Waals surface area contributed by atoms with Crippen LogP contribution in [-0.2, 0) is 14.3 Å². The van der Waals surface area contributed by atoms with Crippen molar-refractivity contribution in [2.45, 2.75) is 53.1 Å². The normalized spacial score (nSPS) is 21.8. The average Bonchev–Trinajstić information content (AvgIpc) is 2.81. The molecule has 2 aliphatic carbocycles. The third-order valence-corrected chi connectivity index (χ3v) is 5.80. The van der Waals surface area contributed by atoms with Crippen LogP contribution in [0.5, 0.6) is 0 Å². The van der Waals surface area contributed by atoms with Crippen molar-refractivity contribution in [3.63, 3.8) is 0 Å². The Balaban J connectivity index is 0.000000325. The summed E-state index contributed by atoms with van der Waals surface area (Å²) in [5, 5.41) is 0. The second-order valence-corrected chi connectivity index (χ2v) is 7.77. The largest absolute Gasteiger partial charge is 0.446 e. The Morgan fingerprint density at radius 2 is 1.91 bits per heavy atom. The molecular weight excluding hydrogens is 398 g/mol. The van der Waals surface area contributed by atoms with E-state index in [2.05, 4.69) is 45.9 Å². The number of piperidine rings is 1. The molecule has 0 bridgehead atoms. The van der Waals surface area contributed by atoms with Gasteiger partial charge in [0.05, 0.1) is 0 Å². The Morgan fingerprint density at radius 1 is 1.12 bits per heavy atom. The average molecular weight is 436 g/mol. The Hall–Kier alpha value is -3.06. The maximum absolute atomic E-state index is 12.5. The molecule has 1 aliphatic heterocycles. The second-order valence-electron chi connectivity index (χ2n) is 7.77. The van der Waals surface area contributed by atoms with Gasteiger partial charge in [0.2, 0.25) is 5.91 Å². The number of hydrogen-bond acceptors (Lipinski definition) is 3. The number of ether oxygens (including phenoxy) is 1. The number of allylic oxidation sites excluding steroid dienone is 4. The van der Waals surface area contributed by atoms with Crippen molar-refractivity contribution < 1.29 is 14.3 Å². The molecule has 1 unspecified atom stereocenters. The maximum Gasteiger partial charge on any atom is 0.294 e. The van der Waals surface area contributed by atoms with Gasteiger partial charge in [-0.1, -0.05) is 81.5 Å². The molecular formula is C28H37NO3. The Kier molecular flexibility index (Phi) is 11.9. The minimum Gasteiger partial charge on any atom is -0.446 e. The van der Waals surface area contributed by atoms with Gasteiger partial charge in [-0.15, -0.1) is 6.42 Å². The number of hydrogen-bond donors (Lipinski definition) is 0. The fourth-order valence-corrected chi connectivity index (χ4v) is 4.21. The molecule has 1 heterocycles. The zero-order valence-electron chi connectivity index (χ0n) is 17.3. The number of rotatable bonds is 5. The zero-order valence-corrected chi connectivity index (χ0v) is 17.3. The van der Waals surface area contributed by atoms with Crippen molar-refractivity contribution in [1.29, 1.82) is 0 Å². The lowest BCUT2D eigenvalue weighted by atomic mass is 9.78. The van der Waals surface area contributed by atoms with Gasteiger partial charge in [-0.3, -0.25) is 9.59 Å². The number of amides is 1. The molecule has 1 saturated heterocycles. The molecule has 32 heavy (non-hydrogen) atoms. The topological polar surface area (TPSA) is 46.6 Å². The quantitative estimate of drug-likeness (QED) is 0.329. The molecule has 0 radical (unpaired) electrons. The number of likely N-dealkylation sites (tertiary alicyclic amines) is 1. The highest BCUT2D eigenvalue weighted by atomic mass is 16.5. The second kappa shape index (κ2) is 14.1. The first-order valence-corrected chi connectivity index (χ1v) is 10.6. The number of carbonyl (C=O) groups excluding carboxylic acids is 2. The van der Waals surface area contributed by atoms with Crippen molar-refractivity contribution in [2.75, 3.05) is 13.1 Å². The molecule has 1 amide bonds. The van der Waals surface area contributed by atoms with Crippen LogP contribution in [0.2, 0.25) is 0 Å². The molecule has 4 heteroatoms. The van der Waals surface area contributed by atoms with Gasteiger partial charge in [0, 0.05) is 24.6 Å². The summed E-state index contributed by atoms with van der Waals surface area (Å²) in [6.07, 6.45) is 21.3. The lowest BCUT2D eigenvalue weighted by molar-refractivity contribution is -0.140. The molecule has 1 fully saturated rings. The van der Waals surface area contributed by atoms with Crippen LogP contribution >= 0.6 is 0 Å². The van der Waals surface area contributed by atoms with Crippen molar-refractivity contribution >= 4 is 12.4 Å². The Morgan fingerprint density at radius 3 is 2.56 bits per heavy atom. The van der Waals surface area contributed by atoms with Crippen LogP contribution in [0.15, 0.2) is 66.3 Å². The summed E-state index contributed by atoms with van der Waals surface area (Å²) < 4.78 is 4.66. The molecule has 0 aromatic heterocycles. The monoisotopic (exact) mass is 435 g/mol. The predicted molar refractivity (Wildman–Crippen MR) is 132 cm³/mol. The number of carbonyl (C=O) groups is 2. The smallest absolute Gasteiger partial charge is 0.294 e. The first kappa shape index (κ1) is 27.0. The Labute approximate surface area is 194 Å². The van der Waals surface area contributed by atoms with E-state index >= 15 is 0 Å². The fraction of sp³-hybridized carbons (Fsp3) is 0.429. The molecule has 4 nitrogen and oxygen atoms in total. The maximum atomic E-state index is 12.5. The van der Waals surface area contributed by atoms with E-state index in [9.17, 15) is 9.59 Å². The highest BCUT2D eigenvalue weighted by molar-refractivity contribution is 5.80. The van der Waals surface area contributed by atoms with Crippen LogP contribution < -0.4 is 0 Å². The van der Waals surface area contributed by atoms with E-state index in [1.807, 2.05) is 30.3 Å².